The van der Waals surface area contributed by atoms with Crippen LogP contribution in [0.5, 0.6) is 11.5 Å². The maximum absolute atomic E-state index is 12.8. The normalized spacial score (nSPS) is 10.5. The smallest absolute Gasteiger partial charge is 0.339 e. The fourth-order valence-corrected chi connectivity index (χ4v) is 3.04. The number of amides is 1. The van der Waals surface area contributed by atoms with E-state index >= 15 is 0 Å². The molecule has 2 aromatic carbocycles. The van der Waals surface area contributed by atoms with Crippen molar-refractivity contribution in [2.75, 3.05) is 41.1 Å². The predicted molar refractivity (Wildman–Crippen MR) is 115 cm³/mol. The van der Waals surface area contributed by atoms with Gasteiger partial charge in [-0.1, -0.05) is 18.2 Å². The van der Waals surface area contributed by atoms with Crippen molar-refractivity contribution in [3.8, 4) is 22.8 Å². The standard InChI is InChI=1S/C23H24N2O6/c1-28-11-10-24-22(26)14-31-23(27)17-13-19(25-18-7-5-4-6-16(17)18)15-8-9-20(29-2)21(12-15)30-3/h4-9,12-13H,10-11,14H2,1-3H3,(H,24,26). The van der Waals surface area contributed by atoms with Gasteiger partial charge in [-0.25, -0.2) is 9.78 Å². The minimum absolute atomic E-state index is 0.320. The van der Waals surface area contributed by atoms with Gasteiger partial charge in [-0.3, -0.25) is 4.79 Å². The molecule has 3 aromatic rings. The maximum atomic E-state index is 12.8. The summed E-state index contributed by atoms with van der Waals surface area (Å²) in [6, 6.07) is 14.3. The van der Waals surface area contributed by atoms with Gasteiger partial charge in [0.05, 0.1) is 37.6 Å². The molecular formula is C23H24N2O6. The Hall–Kier alpha value is -3.65. The van der Waals surface area contributed by atoms with Gasteiger partial charge in [0.1, 0.15) is 0 Å². The maximum Gasteiger partial charge on any atom is 0.339 e. The number of para-hydroxylation sites is 1. The minimum atomic E-state index is -0.609. The van der Waals surface area contributed by atoms with Crippen LogP contribution in [0.15, 0.2) is 48.5 Å². The first-order chi connectivity index (χ1) is 15.1. The third-order valence-corrected chi connectivity index (χ3v) is 4.58. The Morgan fingerprint density at radius 1 is 0.968 bits per heavy atom. The zero-order valence-corrected chi connectivity index (χ0v) is 17.6. The molecule has 8 nitrogen and oxygen atoms in total. The Kier molecular flexibility index (Phi) is 7.40. The zero-order chi connectivity index (χ0) is 22.2. The molecule has 0 atom stereocenters. The van der Waals surface area contributed by atoms with Crippen LogP contribution in [0.3, 0.4) is 0 Å². The Morgan fingerprint density at radius 3 is 2.48 bits per heavy atom. The number of nitrogens with one attached hydrogen (secondary N) is 1. The summed E-state index contributed by atoms with van der Waals surface area (Å²) in [4.78, 5) is 29.3. The average Bonchev–Trinajstić information content (AvgIpc) is 2.81. The van der Waals surface area contributed by atoms with E-state index in [1.807, 2.05) is 24.3 Å². The van der Waals surface area contributed by atoms with Gasteiger partial charge in [0.2, 0.25) is 0 Å². The highest BCUT2D eigenvalue weighted by molar-refractivity contribution is 6.05. The van der Waals surface area contributed by atoms with Crippen molar-refractivity contribution in [3.05, 3.63) is 54.1 Å². The van der Waals surface area contributed by atoms with E-state index in [2.05, 4.69) is 10.3 Å². The Balaban J connectivity index is 1.91. The van der Waals surface area contributed by atoms with Crippen LogP contribution in [0.25, 0.3) is 22.2 Å². The minimum Gasteiger partial charge on any atom is -0.493 e. The van der Waals surface area contributed by atoms with Crippen LogP contribution in [0.1, 0.15) is 10.4 Å². The summed E-state index contributed by atoms with van der Waals surface area (Å²) in [6.45, 7) is 0.336. The van der Waals surface area contributed by atoms with Gasteiger partial charge < -0.3 is 24.3 Å². The third kappa shape index (κ3) is 5.29. The quantitative estimate of drug-likeness (QED) is 0.417. The van der Waals surface area contributed by atoms with E-state index < -0.39 is 11.9 Å². The summed E-state index contributed by atoms with van der Waals surface area (Å²) < 4.78 is 20.8. The van der Waals surface area contributed by atoms with Crippen molar-refractivity contribution in [2.24, 2.45) is 0 Å². The summed E-state index contributed by atoms with van der Waals surface area (Å²) in [7, 11) is 4.65. The van der Waals surface area contributed by atoms with E-state index in [0.717, 1.165) is 5.56 Å². The SMILES string of the molecule is COCCNC(=O)COC(=O)c1cc(-c2ccc(OC)c(OC)c2)nc2ccccc12. The molecular weight excluding hydrogens is 400 g/mol. The lowest BCUT2D eigenvalue weighted by atomic mass is 10.0. The van der Waals surface area contributed by atoms with Crippen molar-refractivity contribution < 1.29 is 28.5 Å². The van der Waals surface area contributed by atoms with Crippen LogP contribution in [-0.4, -0.2) is 57.9 Å². The number of benzene rings is 2. The van der Waals surface area contributed by atoms with Crippen molar-refractivity contribution in [1.29, 1.82) is 0 Å². The number of nitrogens with zero attached hydrogens (tertiary/aromatic N) is 1. The second-order valence-electron chi connectivity index (χ2n) is 6.56. The number of carbonyl (C=O) groups excluding carboxylic acids is 2. The highest BCUT2D eigenvalue weighted by atomic mass is 16.5. The Morgan fingerprint density at radius 2 is 1.74 bits per heavy atom. The largest absolute Gasteiger partial charge is 0.493 e. The number of ether oxygens (including phenoxy) is 4. The van der Waals surface area contributed by atoms with Crippen LogP contribution < -0.4 is 14.8 Å². The van der Waals surface area contributed by atoms with Gasteiger partial charge in [-0.2, -0.15) is 0 Å². The zero-order valence-electron chi connectivity index (χ0n) is 17.6. The van der Waals surface area contributed by atoms with E-state index in [0.29, 0.717) is 46.8 Å². The molecule has 8 heteroatoms. The molecule has 0 aliphatic rings. The molecule has 0 saturated carbocycles. The molecule has 0 radical (unpaired) electrons. The summed E-state index contributed by atoms with van der Waals surface area (Å²) in [5.74, 6) is 0.129. The monoisotopic (exact) mass is 424 g/mol. The number of methoxy groups -OCH3 is 3. The summed E-state index contributed by atoms with van der Waals surface area (Å²) >= 11 is 0. The molecule has 0 spiro atoms. The molecule has 0 aliphatic carbocycles. The highest BCUT2D eigenvalue weighted by Gasteiger charge is 2.17. The van der Waals surface area contributed by atoms with Gasteiger partial charge in [-0.15, -0.1) is 0 Å². The Bertz CT molecular complexity index is 1080. The first-order valence-electron chi connectivity index (χ1n) is 9.62. The summed E-state index contributed by atoms with van der Waals surface area (Å²) in [5, 5.41) is 3.24. The van der Waals surface area contributed by atoms with E-state index in [-0.39, 0.29) is 6.61 Å². The first-order valence-corrected chi connectivity index (χ1v) is 9.62. The van der Waals surface area contributed by atoms with Crippen molar-refractivity contribution in [2.45, 2.75) is 0 Å². The number of fused-ring (bicyclic) bond motifs is 1. The summed E-state index contributed by atoms with van der Waals surface area (Å²) in [5.41, 5.74) is 2.26. The van der Waals surface area contributed by atoms with Crippen LogP contribution in [-0.2, 0) is 14.3 Å². The molecule has 31 heavy (non-hydrogen) atoms. The van der Waals surface area contributed by atoms with E-state index in [9.17, 15) is 9.59 Å². The van der Waals surface area contributed by atoms with E-state index in [1.54, 1.807) is 38.5 Å². The highest BCUT2D eigenvalue weighted by Crippen LogP contribution is 2.33. The molecule has 1 N–H and O–H groups in total. The lowest BCUT2D eigenvalue weighted by molar-refractivity contribution is -0.124. The fourth-order valence-electron chi connectivity index (χ4n) is 3.04. The molecule has 0 aliphatic heterocycles. The number of hydrogen-bond acceptors (Lipinski definition) is 7. The van der Waals surface area contributed by atoms with Crippen LogP contribution in [0.2, 0.25) is 0 Å². The molecule has 1 heterocycles. The topological polar surface area (TPSA) is 96.0 Å². The van der Waals surface area contributed by atoms with Gasteiger partial charge in [0, 0.05) is 24.6 Å². The first kappa shape index (κ1) is 22.0. The number of carbonyl (C=O) groups is 2. The van der Waals surface area contributed by atoms with Gasteiger partial charge in [-0.05, 0) is 30.3 Å². The van der Waals surface area contributed by atoms with E-state index in [4.69, 9.17) is 18.9 Å². The van der Waals surface area contributed by atoms with E-state index in [1.165, 1.54) is 7.11 Å². The Labute approximate surface area is 180 Å². The van der Waals surface area contributed by atoms with Gasteiger partial charge in [0.15, 0.2) is 18.1 Å². The second-order valence-corrected chi connectivity index (χ2v) is 6.56. The molecule has 0 saturated heterocycles. The number of pyridine rings is 1. The van der Waals surface area contributed by atoms with Crippen LogP contribution in [0, 0.1) is 0 Å². The third-order valence-electron chi connectivity index (χ3n) is 4.58. The number of aromatic nitrogens is 1. The summed E-state index contributed by atoms with van der Waals surface area (Å²) in [6.07, 6.45) is 0. The van der Waals surface area contributed by atoms with Gasteiger partial charge in [0.25, 0.3) is 5.91 Å². The number of esters is 1. The van der Waals surface area contributed by atoms with Gasteiger partial charge >= 0.3 is 5.97 Å². The average molecular weight is 424 g/mol. The lowest BCUT2D eigenvalue weighted by Crippen LogP contribution is -2.31. The number of rotatable bonds is 9. The van der Waals surface area contributed by atoms with Crippen molar-refractivity contribution in [1.82, 2.24) is 10.3 Å². The molecule has 0 unspecified atom stereocenters. The molecule has 1 aromatic heterocycles. The predicted octanol–water partition coefficient (Wildman–Crippen LogP) is 2.84. The van der Waals surface area contributed by atoms with Crippen molar-refractivity contribution in [3.63, 3.8) is 0 Å². The van der Waals surface area contributed by atoms with Crippen molar-refractivity contribution >= 4 is 22.8 Å². The van der Waals surface area contributed by atoms with Crippen LogP contribution >= 0.6 is 0 Å². The molecule has 1 amide bonds. The fraction of sp³-hybridized carbons (Fsp3) is 0.261. The molecule has 0 bridgehead atoms. The number of hydrogen-bond donors (Lipinski definition) is 1. The molecule has 3 rings (SSSR count). The molecule has 0 fully saturated rings. The van der Waals surface area contributed by atoms with Crippen LogP contribution in [0.4, 0.5) is 0 Å². The second kappa shape index (κ2) is 10.4. The molecule has 162 valence electrons. The lowest BCUT2D eigenvalue weighted by Gasteiger charge is -2.12.